The molecule has 0 spiro atoms. The average Bonchev–Trinajstić information content (AvgIpc) is 3.32. The smallest absolute Gasteiger partial charge is 0.234 e. The molecule has 0 aromatic heterocycles. The van der Waals surface area contributed by atoms with Gasteiger partial charge in [-0.25, -0.2) is 0 Å². The van der Waals surface area contributed by atoms with Gasteiger partial charge in [0.25, 0.3) is 0 Å². The van der Waals surface area contributed by atoms with Crippen LogP contribution in [-0.4, -0.2) is 98.3 Å². The third kappa shape index (κ3) is 52.4. The average molecular weight is 949 g/mol. The summed E-state index contributed by atoms with van der Waals surface area (Å²) in [6.07, 6.45) is 54.3. The van der Waals surface area contributed by atoms with Crippen molar-refractivity contribution < 1.29 is 14.7 Å². The summed E-state index contributed by atoms with van der Waals surface area (Å²) in [5.74, 6) is 0.214. The summed E-state index contributed by atoms with van der Waals surface area (Å²) in [6, 6.07) is 0. The summed E-state index contributed by atoms with van der Waals surface area (Å²) >= 11 is 0. The fourth-order valence-corrected chi connectivity index (χ4v) is 9.60. The van der Waals surface area contributed by atoms with Crippen molar-refractivity contribution in [2.24, 2.45) is 0 Å². The number of hydrogen-bond acceptors (Lipinski definition) is 6. The van der Waals surface area contributed by atoms with Crippen LogP contribution in [0.25, 0.3) is 0 Å². The van der Waals surface area contributed by atoms with E-state index >= 15 is 0 Å². The van der Waals surface area contributed by atoms with Crippen molar-refractivity contribution in [3.8, 4) is 0 Å². The van der Waals surface area contributed by atoms with Crippen LogP contribution in [0.5, 0.6) is 0 Å². The number of carbonyl (C=O) groups excluding carboxylic acids is 2. The summed E-state index contributed by atoms with van der Waals surface area (Å²) in [5, 5.41) is 20.7. The molecule has 67 heavy (non-hydrogen) atoms. The Kier molecular flexibility index (Phi) is 54.7. The number of rotatable bonds is 57. The van der Waals surface area contributed by atoms with Crippen molar-refractivity contribution in [3.63, 3.8) is 0 Å². The second-order valence-electron chi connectivity index (χ2n) is 21.0. The van der Waals surface area contributed by atoms with Crippen molar-refractivity contribution in [3.05, 3.63) is 0 Å². The van der Waals surface area contributed by atoms with Crippen molar-refractivity contribution in [2.75, 3.05) is 65.4 Å². The molecule has 0 saturated heterocycles. The molecular formula is C59H121N5O3. The second-order valence-corrected chi connectivity index (χ2v) is 21.0. The molecule has 8 heteroatoms. The summed E-state index contributed by atoms with van der Waals surface area (Å²) in [5.41, 5.74) is 0. The quantitative estimate of drug-likeness (QED) is 0.0454. The highest BCUT2D eigenvalue weighted by Crippen LogP contribution is 2.15. The number of nitrogens with zero attached hydrogens (tertiary/aromatic N) is 2. The van der Waals surface area contributed by atoms with Crippen LogP contribution < -0.4 is 16.0 Å². The van der Waals surface area contributed by atoms with Gasteiger partial charge in [-0.05, 0) is 64.7 Å². The lowest BCUT2D eigenvalue weighted by Crippen LogP contribution is -2.42. The van der Waals surface area contributed by atoms with Gasteiger partial charge in [0, 0.05) is 26.2 Å². The lowest BCUT2D eigenvalue weighted by molar-refractivity contribution is -0.122. The Morgan fingerprint density at radius 2 is 0.627 bits per heavy atom. The maximum atomic E-state index is 13.2. The SMILES string of the molecule is CCCCCCCCCCCCCCN(CCCCN(CCCCCCCCCCCCCC)CC(O)CNCC(=O)NCCCCCCCCCC)CC(=O)NCCCCCCCCCC. The fraction of sp³-hybridized carbons (Fsp3) is 0.966. The van der Waals surface area contributed by atoms with Crippen LogP contribution in [-0.2, 0) is 9.59 Å². The molecule has 0 aromatic rings. The molecule has 0 radical (unpaired) electrons. The molecule has 1 unspecified atom stereocenters. The van der Waals surface area contributed by atoms with E-state index in [9.17, 15) is 14.7 Å². The van der Waals surface area contributed by atoms with Crippen molar-refractivity contribution >= 4 is 11.8 Å². The van der Waals surface area contributed by atoms with Crippen LogP contribution in [0.1, 0.15) is 297 Å². The topological polar surface area (TPSA) is 96.9 Å². The molecule has 1 atom stereocenters. The van der Waals surface area contributed by atoms with Crippen molar-refractivity contribution in [1.29, 1.82) is 0 Å². The number of carbonyl (C=O) groups is 2. The fourth-order valence-electron chi connectivity index (χ4n) is 9.60. The highest BCUT2D eigenvalue weighted by atomic mass is 16.3. The maximum Gasteiger partial charge on any atom is 0.234 e. The monoisotopic (exact) mass is 948 g/mol. The molecule has 0 saturated carbocycles. The van der Waals surface area contributed by atoms with Gasteiger partial charge >= 0.3 is 0 Å². The van der Waals surface area contributed by atoms with E-state index in [2.05, 4.69) is 53.4 Å². The minimum Gasteiger partial charge on any atom is -0.390 e. The number of unbranched alkanes of at least 4 members (excludes halogenated alkanes) is 37. The third-order valence-electron chi connectivity index (χ3n) is 14.1. The number of nitrogens with one attached hydrogen (secondary N) is 3. The van der Waals surface area contributed by atoms with Crippen molar-refractivity contribution in [2.45, 2.75) is 303 Å². The van der Waals surface area contributed by atoms with Crippen LogP contribution in [0.2, 0.25) is 0 Å². The van der Waals surface area contributed by atoms with Crippen LogP contribution in [0.4, 0.5) is 0 Å². The molecule has 400 valence electrons. The van der Waals surface area contributed by atoms with Crippen LogP contribution in [0.15, 0.2) is 0 Å². The summed E-state index contributed by atoms with van der Waals surface area (Å²) < 4.78 is 0. The summed E-state index contributed by atoms with van der Waals surface area (Å²) in [7, 11) is 0. The predicted octanol–water partition coefficient (Wildman–Crippen LogP) is 15.2. The van der Waals surface area contributed by atoms with E-state index in [1.54, 1.807) is 0 Å². The van der Waals surface area contributed by atoms with Gasteiger partial charge in [0.1, 0.15) is 0 Å². The zero-order valence-electron chi connectivity index (χ0n) is 46.0. The molecule has 2 amide bonds. The first-order valence-electron chi connectivity index (χ1n) is 30.3. The van der Waals surface area contributed by atoms with E-state index in [1.807, 2.05) is 0 Å². The largest absolute Gasteiger partial charge is 0.390 e. The number of hydrogen-bond donors (Lipinski definition) is 4. The maximum absolute atomic E-state index is 13.2. The molecular weight excluding hydrogens is 827 g/mol. The minimum atomic E-state index is -0.509. The lowest BCUT2D eigenvalue weighted by atomic mass is 10.1. The van der Waals surface area contributed by atoms with Gasteiger partial charge in [-0.2, -0.15) is 0 Å². The van der Waals surface area contributed by atoms with E-state index in [4.69, 9.17) is 0 Å². The zero-order chi connectivity index (χ0) is 48.8. The molecule has 4 N–H and O–H groups in total. The Morgan fingerprint density at radius 3 is 0.970 bits per heavy atom. The molecule has 0 aliphatic rings. The number of amides is 2. The van der Waals surface area contributed by atoms with Gasteiger partial charge in [-0.1, -0.05) is 259 Å². The first-order chi connectivity index (χ1) is 33.0. The Morgan fingerprint density at radius 1 is 0.358 bits per heavy atom. The van der Waals surface area contributed by atoms with Gasteiger partial charge in [0.15, 0.2) is 0 Å². The van der Waals surface area contributed by atoms with E-state index in [1.165, 1.54) is 244 Å². The van der Waals surface area contributed by atoms with E-state index in [-0.39, 0.29) is 18.4 Å². The van der Waals surface area contributed by atoms with Crippen LogP contribution in [0.3, 0.4) is 0 Å². The van der Waals surface area contributed by atoms with Gasteiger partial charge in [-0.3, -0.25) is 14.5 Å². The Labute approximate surface area is 419 Å². The summed E-state index contributed by atoms with van der Waals surface area (Å²) in [6.45, 7) is 16.4. The lowest BCUT2D eigenvalue weighted by Gasteiger charge is -2.26. The number of aliphatic hydroxyl groups is 1. The Balaban J connectivity index is 4.95. The second kappa shape index (κ2) is 55.7. The molecule has 0 aliphatic heterocycles. The highest BCUT2D eigenvalue weighted by molar-refractivity contribution is 5.78. The first kappa shape index (κ1) is 65.8. The van der Waals surface area contributed by atoms with Crippen LogP contribution >= 0.6 is 0 Å². The van der Waals surface area contributed by atoms with Crippen LogP contribution in [0, 0.1) is 0 Å². The highest BCUT2D eigenvalue weighted by Gasteiger charge is 2.15. The molecule has 0 fully saturated rings. The molecule has 0 bridgehead atoms. The zero-order valence-corrected chi connectivity index (χ0v) is 46.0. The standard InChI is InChI=1S/C59H121N5O3/c1-5-9-13-17-21-25-27-29-31-35-39-43-49-63(55-57(65)53-60-54-58(66)61-47-41-37-33-23-19-15-11-7-3)51-45-46-52-64(50-44-40-36-32-30-28-26-22-18-14-10-6-2)56-59(67)62-48-42-38-34-24-20-16-12-8-4/h57,60,65H,5-56H2,1-4H3,(H,61,66)(H,62,67). The Bertz CT molecular complexity index is 985. The molecule has 0 rings (SSSR count). The van der Waals surface area contributed by atoms with E-state index < -0.39 is 6.10 Å². The van der Waals surface area contributed by atoms with Crippen molar-refractivity contribution in [1.82, 2.24) is 25.8 Å². The van der Waals surface area contributed by atoms with Gasteiger partial charge in [0.05, 0.1) is 19.2 Å². The predicted molar refractivity (Wildman–Crippen MR) is 294 cm³/mol. The normalized spacial score (nSPS) is 12.2. The van der Waals surface area contributed by atoms with E-state index in [0.717, 1.165) is 65.0 Å². The molecule has 0 aliphatic carbocycles. The molecule has 8 nitrogen and oxygen atoms in total. The third-order valence-corrected chi connectivity index (χ3v) is 14.1. The van der Waals surface area contributed by atoms with Gasteiger partial charge in [-0.15, -0.1) is 0 Å². The Hall–Kier alpha value is -1.22. The summed E-state index contributed by atoms with van der Waals surface area (Å²) in [4.78, 5) is 30.6. The minimum absolute atomic E-state index is 0.0263. The molecule has 0 aromatic carbocycles. The van der Waals surface area contributed by atoms with E-state index in [0.29, 0.717) is 19.6 Å². The number of aliphatic hydroxyl groups excluding tert-OH is 1. The molecule has 0 heterocycles. The first-order valence-corrected chi connectivity index (χ1v) is 30.3. The van der Waals surface area contributed by atoms with Gasteiger partial charge < -0.3 is 26.0 Å². The van der Waals surface area contributed by atoms with Gasteiger partial charge in [0.2, 0.25) is 11.8 Å².